The molecule has 0 atom stereocenters. The van der Waals surface area contributed by atoms with Gasteiger partial charge < -0.3 is 5.32 Å². The molecule has 0 aliphatic carbocycles. The van der Waals surface area contributed by atoms with Crippen molar-refractivity contribution >= 4 is 43.5 Å². The molecule has 1 aromatic heterocycles. The highest BCUT2D eigenvalue weighted by Crippen LogP contribution is 2.36. The van der Waals surface area contributed by atoms with Gasteiger partial charge in [-0.3, -0.25) is 10.1 Å². The van der Waals surface area contributed by atoms with Crippen LogP contribution in [0.25, 0.3) is 0 Å². The van der Waals surface area contributed by atoms with Crippen LogP contribution < -0.4 is 5.32 Å². The van der Waals surface area contributed by atoms with Gasteiger partial charge >= 0.3 is 5.69 Å². The van der Waals surface area contributed by atoms with E-state index in [0.717, 1.165) is 29.2 Å². The van der Waals surface area contributed by atoms with Crippen LogP contribution in [-0.4, -0.2) is 26.1 Å². The number of sulfone groups is 1. The molecule has 0 spiro atoms. The SMILES string of the molecule is CS(=O)(=O)c1cc([N+](=O)[O-])c(NCCc2ccc(Cl)cc2)s1. The first kappa shape index (κ1) is 16.7. The molecule has 22 heavy (non-hydrogen) atoms. The fraction of sp³-hybridized carbons (Fsp3) is 0.231. The van der Waals surface area contributed by atoms with Crippen molar-refractivity contribution in [2.75, 3.05) is 18.1 Å². The van der Waals surface area contributed by atoms with Crippen LogP contribution in [0.15, 0.2) is 34.5 Å². The molecule has 0 amide bonds. The molecule has 0 saturated carbocycles. The summed E-state index contributed by atoms with van der Waals surface area (Å²) in [5, 5.41) is 14.8. The summed E-state index contributed by atoms with van der Waals surface area (Å²) in [5.41, 5.74) is 0.806. The van der Waals surface area contributed by atoms with Gasteiger partial charge in [-0.25, -0.2) is 8.42 Å². The molecular weight excluding hydrogens is 348 g/mol. The lowest BCUT2D eigenvalue weighted by Crippen LogP contribution is -2.04. The zero-order valence-electron chi connectivity index (χ0n) is 11.6. The molecule has 1 N–H and O–H groups in total. The molecule has 2 aromatic rings. The second-order valence-electron chi connectivity index (χ2n) is 4.61. The molecule has 0 radical (unpaired) electrons. The molecule has 2 rings (SSSR count). The Morgan fingerprint density at radius 1 is 1.32 bits per heavy atom. The van der Waals surface area contributed by atoms with Crippen molar-refractivity contribution in [2.45, 2.75) is 10.6 Å². The maximum atomic E-state index is 11.5. The van der Waals surface area contributed by atoms with E-state index in [1.807, 2.05) is 12.1 Å². The maximum absolute atomic E-state index is 11.5. The lowest BCUT2D eigenvalue weighted by molar-refractivity contribution is -0.383. The van der Waals surface area contributed by atoms with E-state index < -0.39 is 14.8 Å². The van der Waals surface area contributed by atoms with Crippen LogP contribution in [0.3, 0.4) is 0 Å². The Balaban J connectivity index is 2.10. The summed E-state index contributed by atoms with van der Waals surface area (Å²) in [4.78, 5) is 10.4. The first-order valence-corrected chi connectivity index (χ1v) is 9.32. The average molecular weight is 361 g/mol. The highest BCUT2D eigenvalue weighted by Gasteiger charge is 2.23. The third-order valence-corrected chi connectivity index (χ3v) is 6.00. The highest BCUT2D eigenvalue weighted by molar-refractivity contribution is 7.92. The van der Waals surface area contributed by atoms with Gasteiger partial charge in [0.05, 0.1) is 4.92 Å². The predicted octanol–water partition coefficient (Wildman–Crippen LogP) is 3.37. The lowest BCUT2D eigenvalue weighted by atomic mass is 10.1. The third kappa shape index (κ3) is 4.19. The smallest absolute Gasteiger partial charge is 0.304 e. The summed E-state index contributed by atoms with van der Waals surface area (Å²) < 4.78 is 23.0. The van der Waals surface area contributed by atoms with Crippen molar-refractivity contribution < 1.29 is 13.3 Å². The number of nitrogens with one attached hydrogen (secondary N) is 1. The molecule has 0 aliphatic heterocycles. The fourth-order valence-electron chi connectivity index (χ4n) is 1.78. The molecule has 118 valence electrons. The first-order valence-electron chi connectivity index (χ1n) is 6.24. The van der Waals surface area contributed by atoms with Gasteiger partial charge in [0.2, 0.25) is 0 Å². The minimum atomic E-state index is -3.46. The summed E-state index contributed by atoms with van der Waals surface area (Å²) in [6, 6.07) is 8.37. The molecule has 0 unspecified atom stereocenters. The van der Waals surface area contributed by atoms with Crippen LogP contribution in [-0.2, 0) is 16.3 Å². The average Bonchev–Trinajstić information content (AvgIpc) is 2.85. The van der Waals surface area contributed by atoms with Crippen LogP contribution in [0.2, 0.25) is 5.02 Å². The number of hydrogen-bond acceptors (Lipinski definition) is 6. The quantitative estimate of drug-likeness (QED) is 0.630. The molecular formula is C13H13ClN2O4S2. The lowest BCUT2D eigenvalue weighted by Gasteiger charge is -2.04. The Kier molecular flexibility index (Phi) is 5.05. The second kappa shape index (κ2) is 6.64. The highest BCUT2D eigenvalue weighted by atomic mass is 35.5. The first-order chi connectivity index (χ1) is 10.3. The maximum Gasteiger partial charge on any atom is 0.304 e. The van der Waals surface area contributed by atoms with Crippen LogP contribution >= 0.6 is 22.9 Å². The topological polar surface area (TPSA) is 89.3 Å². The van der Waals surface area contributed by atoms with Gasteiger partial charge in [-0.15, -0.1) is 0 Å². The van der Waals surface area contributed by atoms with E-state index in [0.29, 0.717) is 18.0 Å². The number of hydrogen-bond donors (Lipinski definition) is 1. The largest absolute Gasteiger partial charge is 0.371 e. The normalized spacial score (nSPS) is 11.4. The van der Waals surface area contributed by atoms with Crippen LogP contribution in [0.1, 0.15) is 5.56 Å². The summed E-state index contributed by atoms with van der Waals surface area (Å²) >= 11 is 6.67. The molecule has 9 heteroatoms. The van der Waals surface area contributed by atoms with E-state index in [9.17, 15) is 18.5 Å². The number of anilines is 1. The van der Waals surface area contributed by atoms with E-state index in [1.54, 1.807) is 12.1 Å². The van der Waals surface area contributed by atoms with Crippen LogP contribution in [0, 0.1) is 10.1 Å². The predicted molar refractivity (Wildman–Crippen MR) is 87.7 cm³/mol. The van der Waals surface area contributed by atoms with Crippen LogP contribution in [0.5, 0.6) is 0 Å². The van der Waals surface area contributed by atoms with Gasteiger partial charge in [-0.1, -0.05) is 35.1 Å². The van der Waals surface area contributed by atoms with Crippen molar-refractivity contribution in [3.63, 3.8) is 0 Å². The van der Waals surface area contributed by atoms with E-state index in [4.69, 9.17) is 11.6 Å². The summed E-state index contributed by atoms with van der Waals surface area (Å²) in [7, 11) is -3.46. The number of halogens is 1. The van der Waals surface area contributed by atoms with E-state index in [1.165, 1.54) is 0 Å². The molecule has 6 nitrogen and oxygen atoms in total. The molecule has 1 aromatic carbocycles. The van der Waals surface area contributed by atoms with Gasteiger partial charge in [-0.05, 0) is 24.1 Å². The fourth-order valence-corrected chi connectivity index (χ4v) is 3.87. The van der Waals surface area contributed by atoms with Crippen molar-refractivity contribution in [2.24, 2.45) is 0 Å². The summed E-state index contributed by atoms with van der Waals surface area (Å²) in [6.07, 6.45) is 1.67. The molecule has 0 aliphatic rings. The number of nitro groups is 1. The molecule has 0 bridgehead atoms. The number of thiophene rings is 1. The Morgan fingerprint density at radius 2 is 1.95 bits per heavy atom. The number of rotatable bonds is 6. The van der Waals surface area contributed by atoms with Gasteiger partial charge in [0, 0.05) is 23.9 Å². The number of nitrogens with zero attached hydrogens (tertiary/aromatic N) is 1. The van der Waals surface area contributed by atoms with Gasteiger partial charge in [0.15, 0.2) is 14.8 Å². The van der Waals surface area contributed by atoms with Gasteiger partial charge in [0.1, 0.15) is 4.21 Å². The van der Waals surface area contributed by atoms with E-state index >= 15 is 0 Å². The summed E-state index contributed by atoms with van der Waals surface area (Å²) in [5.74, 6) is 0. The zero-order valence-corrected chi connectivity index (χ0v) is 14.0. The Labute approximate surface area is 136 Å². The zero-order chi connectivity index (χ0) is 16.3. The molecule has 1 heterocycles. The van der Waals surface area contributed by atoms with Crippen molar-refractivity contribution in [1.82, 2.24) is 0 Å². The minimum absolute atomic E-state index is 0.0202. The van der Waals surface area contributed by atoms with Gasteiger partial charge in [0.25, 0.3) is 0 Å². The van der Waals surface area contributed by atoms with Gasteiger partial charge in [-0.2, -0.15) is 0 Å². The minimum Gasteiger partial charge on any atom is -0.371 e. The Hall–Kier alpha value is -1.64. The van der Waals surface area contributed by atoms with E-state index in [-0.39, 0.29) is 14.9 Å². The van der Waals surface area contributed by atoms with Crippen LogP contribution in [0.4, 0.5) is 10.7 Å². The Bertz CT molecular complexity index is 785. The van der Waals surface area contributed by atoms with E-state index in [2.05, 4.69) is 5.32 Å². The second-order valence-corrected chi connectivity index (χ2v) is 8.34. The van der Waals surface area contributed by atoms with Crippen molar-refractivity contribution in [3.05, 3.63) is 51.0 Å². The monoisotopic (exact) mass is 360 g/mol. The number of benzene rings is 1. The van der Waals surface area contributed by atoms with Crippen molar-refractivity contribution in [1.29, 1.82) is 0 Å². The Morgan fingerprint density at radius 3 is 2.50 bits per heavy atom. The molecule has 0 saturated heterocycles. The standard InChI is InChI=1S/C13H13ClN2O4S2/c1-22(19,20)12-8-11(16(17)18)13(21-12)15-7-6-9-2-4-10(14)5-3-9/h2-5,8,15H,6-7H2,1H3. The molecule has 0 fully saturated rings. The third-order valence-electron chi connectivity index (χ3n) is 2.86. The summed E-state index contributed by atoms with van der Waals surface area (Å²) in [6.45, 7) is 0.451. The van der Waals surface area contributed by atoms with Crippen molar-refractivity contribution in [3.8, 4) is 0 Å².